The number of carboxylic acid groups (broad SMARTS) is 2. The maximum absolute atomic E-state index is 13.9. The summed E-state index contributed by atoms with van der Waals surface area (Å²) in [6, 6.07) is 16.6. The van der Waals surface area contributed by atoms with Crippen molar-refractivity contribution in [3.8, 4) is 0 Å². The molecule has 0 fully saturated rings. The molecule has 34 heavy (non-hydrogen) atoms. The van der Waals surface area contributed by atoms with Crippen LogP contribution in [0.5, 0.6) is 0 Å². The number of carboxylic acids is 2. The van der Waals surface area contributed by atoms with Crippen LogP contribution in [0.4, 0.5) is 0 Å². The Balaban J connectivity index is 0.000000481. The van der Waals surface area contributed by atoms with Gasteiger partial charge < -0.3 is 19.0 Å². The van der Waals surface area contributed by atoms with Gasteiger partial charge >= 0.3 is 11.9 Å². The molecule has 0 unspecified atom stereocenters. The Morgan fingerprint density at radius 1 is 0.706 bits per heavy atom. The van der Waals surface area contributed by atoms with Crippen molar-refractivity contribution < 1.29 is 24.6 Å². The lowest BCUT2D eigenvalue weighted by Gasteiger charge is -2.09. The topological polar surface area (TPSA) is 100 Å². The molecule has 0 bridgehead atoms. The molecule has 0 amide bonds. The van der Waals surface area contributed by atoms with Crippen LogP contribution in [0, 0.1) is 0 Å². The second kappa shape index (κ2) is 11.3. The molecule has 4 rings (SSSR count). The average Bonchev–Trinajstić information content (AvgIpc) is 3.39. The van der Waals surface area contributed by atoms with E-state index >= 15 is 0 Å². The van der Waals surface area contributed by atoms with Crippen molar-refractivity contribution in [2.45, 2.75) is 52.4 Å². The van der Waals surface area contributed by atoms with Gasteiger partial charge in [-0.3, -0.25) is 4.79 Å². The molecule has 0 aliphatic heterocycles. The number of fused-ring (bicyclic) bond motifs is 2. The van der Waals surface area contributed by atoms with Crippen molar-refractivity contribution >= 4 is 28.8 Å². The summed E-state index contributed by atoms with van der Waals surface area (Å²) in [7, 11) is 0. The fourth-order valence-electron chi connectivity index (χ4n) is 4.10. The Morgan fingerprint density at radius 2 is 1.12 bits per heavy atom. The molecule has 0 aliphatic rings. The number of aryl methyl sites for hydroxylation is 2. The highest BCUT2D eigenvalue weighted by Crippen LogP contribution is 2.26. The van der Waals surface area contributed by atoms with Crippen LogP contribution >= 0.6 is 0 Å². The molecule has 2 N–H and O–H groups in total. The molecule has 0 aromatic carbocycles. The largest absolute Gasteiger partial charge is 0.473 e. The van der Waals surface area contributed by atoms with Crippen molar-refractivity contribution in [3.05, 3.63) is 83.4 Å². The van der Waals surface area contributed by atoms with Crippen LogP contribution in [-0.2, 0) is 22.4 Å². The van der Waals surface area contributed by atoms with Gasteiger partial charge in [0.1, 0.15) is 0 Å². The summed E-state index contributed by atoms with van der Waals surface area (Å²) in [5.41, 5.74) is 6.15. The van der Waals surface area contributed by atoms with Crippen LogP contribution in [0.15, 0.2) is 60.9 Å². The van der Waals surface area contributed by atoms with Gasteiger partial charge in [0.05, 0.1) is 11.4 Å². The summed E-state index contributed by atoms with van der Waals surface area (Å²) in [6.45, 7) is 4.39. The SMILES string of the molecule is CCCCc1cc2ccccn2c1C(=O)c1c(CCCC)cc2ccccn12.O=C(O)C(=O)O. The van der Waals surface area contributed by atoms with Gasteiger partial charge in [0.2, 0.25) is 5.78 Å². The zero-order valence-electron chi connectivity index (χ0n) is 19.5. The summed E-state index contributed by atoms with van der Waals surface area (Å²) >= 11 is 0. The van der Waals surface area contributed by atoms with Gasteiger partial charge in [-0.2, -0.15) is 0 Å². The summed E-state index contributed by atoms with van der Waals surface area (Å²) in [5, 5.41) is 14.8. The van der Waals surface area contributed by atoms with Crippen LogP contribution in [0.2, 0.25) is 0 Å². The number of hydrogen-bond donors (Lipinski definition) is 2. The van der Waals surface area contributed by atoms with Crippen molar-refractivity contribution in [2.75, 3.05) is 0 Å². The number of aliphatic carboxylic acids is 2. The molecule has 0 saturated carbocycles. The minimum Gasteiger partial charge on any atom is -0.473 e. The Kier molecular flexibility index (Phi) is 8.24. The third kappa shape index (κ3) is 5.36. The third-order valence-electron chi connectivity index (χ3n) is 5.73. The quantitative estimate of drug-likeness (QED) is 0.275. The Bertz CT molecular complexity index is 1220. The first-order valence-corrected chi connectivity index (χ1v) is 11.6. The number of unbranched alkanes of at least 4 members (excludes halogenated alkanes) is 2. The number of aromatic nitrogens is 2. The molecule has 0 spiro atoms. The first-order chi connectivity index (χ1) is 16.4. The van der Waals surface area contributed by atoms with Gasteiger partial charge in [0.25, 0.3) is 0 Å². The predicted molar refractivity (Wildman–Crippen MR) is 131 cm³/mol. The summed E-state index contributed by atoms with van der Waals surface area (Å²) in [4.78, 5) is 32.1. The molecule has 7 nitrogen and oxygen atoms in total. The normalized spacial score (nSPS) is 10.8. The van der Waals surface area contributed by atoms with Gasteiger partial charge in [0.15, 0.2) is 0 Å². The number of nitrogens with zero attached hydrogens (tertiary/aromatic N) is 2. The minimum absolute atomic E-state index is 0.134. The van der Waals surface area contributed by atoms with E-state index in [1.54, 1.807) is 0 Å². The van der Waals surface area contributed by atoms with Gasteiger partial charge in [-0.1, -0.05) is 38.8 Å². The Labute approximate surface area is 198 Å². The monoisotopic (exact) mass is 462 g/mol. The van der Waals surface area contributed by atoms with E-state index in [1.807, 2.05) is 36.7 Å². The molecule has 0 aliphatic carbocycles. The summed E-state index contributed by atoms with van der Waals surface area (Å²) in [6.07, 6.45) is 10.3. The van der Waals surface area contributed by atoms with E-state index in [9.17, 15) is 4.79 Å². The van der Waals surface area contributed by atoms with Crippen LogP contribution in [-0.4, -0.2) is 36.7 Å². The number of pyridine rings is 2. The van der Waals surface area contributed by atoms with Crippen molar-refractivity contribution in [3.63, 3.8) is 0 Å². The first kappa shape index (κ1) is 24.8. The lowest BCUT2D eigenvalue weighted by atomic mass is 10.0. The van der Waals surface area contributed by atoms with Crippen LogP contribution in [0.25, 0.3) is 11.0 Å². The molecular weight excluding hydrogens is 432 g/mol. The van der Waals surface area contributed by atoms with E-state index in [1.165, 1.54) is 0 Å². The number of carbonyl (C=O) groups excluding carboxylic acids is 1. The number of hydrogen-bond acceptors (Lipinski definition) is 3. The van der Waals surface area contributed by atoms with Gasteiger partial charge in [0, 0.05) is 23.4 Å². The van der Waals surface area contributed by atoms with Crippen LogP contribution < -0.4 is 0 Å². The van der Waals surface area contributed by atoms with Crippen molar-refractivity contribution in [1.82, 2.24) is 8.80 Å². The molecule has 4 heterocycles. The highest BCUT2D eigenvalue weighted by atomic mass is 16.4. The van der Waals surface area contributed by atoms with Crippen molar-refractivity contribution in [2.24, 2.45) is 0 Å². The summed E-state index contributed by atoms with van der Waals surface area (Å²) in [5.74, 6) is -3.51. The molecule has 0 radical (unpaired) electrons. The van der Waals surface area contributed by atoms with Gasteiger partial charge in [-0.05, 0) is 73.2 Å². The van der Waals surface area contributed by atoms with Gasteiger partial charge in [-0.15, -0.1) is 0 Å². The van der Waals surface area contributed by atoms with E-state index in [4.69, 9.17) is 19.8 Å². The molecule has 0 saturated heterocycles. The predicted octanol–water partition coefficient (Wildman–Crippen LogP) is 5.26. The third-order valence-corrected chi connectivity index (χ3v) is 5.73. The fourth-order valence-corrected chi connectivity index (χ4v) is 4.10. The first-order valence-electron chi connectivity index (χ1n) is 11.6. The lowest BCUT2D eigenvalue weighted by Crippen LogP contribution is -2.13. The molecule has 178 valence electrons. The zero-order valence-corrected chi connectivity index (χ0v) is 19.5. The number of ketones is 1. The average molecular weight is 463 g/mol. The highest BCUT2D eigenvalue weighted by Gasteiger charge is 2.24. The van der Waals surface area contributed by atoms with E-state index in [-0.39, 0.29) is 5.78 Å². The smallest absolute Gasteiger partial charge is 0.414 e. The maximum Gasteiger partial charge on any atom is 0.414 e. The van der Waals surface area contributed by atoms with E-state index in [0.29, 0.717) is 0 Å². The maximum atomic E-state index is 13.9. The zero-order chi connectivity index (χ0) is 24.7. The van der Waals surface area contributed by atoms with Gasteiger partial charge in [-0.25, -0.2) is 9.59 Å². The molecule has 7 heteroatoms. The Hall–Kier alpha value is -3.87. The number of carbonyl (C=O) groups is 3. The second-order valence-electron chi connectivity index (χ2n) is 8.17. The van der Waals surface area contributed by atoms with E-state index in [2.05, 4.69) is 46.9 Å². The van der Waals surface area contributed by atoms with Crippen LogP contribution in [0.3, 0.4) is 0 Å². The standard InChI is InChI=1S/C25H28N2O.C2H2O4/c1-3-5-11-19-17-21-13-7-9-15-26(21)23(19)25(28)24-20(12-6-4-2)18-22-14-8-10-16-27(22)24;3-1(4)2(5)6/h7-10,13-18H,3-6,11-12H2,1-2H3;(H,3,4)(H,5,6). The molecule has 0 atom stereocenters. The molecule has 4 aromatic heterocycles. The molecule has 4 aromatic rings. The van der Waals surface area contributed by atoms with E-state index in [0.717, 1.165) is 72.1 Å². The second-order valence-corrected chi connectivity index (χ2v) is 8.17. The Morgan fingerprint density at radius 3 is 1.47 bits per heavy atom. The highest BCUT2D eigenvalue weighted by molar-refractivity contribution is 6.27. The van der Waals surface area contributed by atoms with Crippen molar-refractivity contribution in [1.29, 1.82) is 0 Å². The minimum atomic E-state index is -1.82. The van der Waals surface area contributed by atoms with E-state index < -0.39 is 11.9 Å². The van der Waals surface area contributed by atoms with Crippen LogP contribution in [0.1, 0.15) is 66.8 Å². The number of rotatable bonds is 8. The summed E-state index contributed by atoms with van der Waals surface area (Å²) < 4.78 is 4.14. The fraction of sp³-hybridized carbons (Fsp3) is 0.296. The lowest BCUT2D eigenvalue weighted by molar-refractivity contribution is -0.159. The molecular formula is C27H30N2O5.